The van der Waals surface area contributed by atoms with E-state index in [1.807, 2.05) is 86.4 Å². The molecule has 0 saturated heterocycles. The van der Waals surface area contributed by atoms with Crippen molar-refractivity contribution >= 4 is 35.0 Å². The molecular weight excluding hydrogens is 809 g/mol. The van der Waals surface area contributed by atoms with Gasteiger partial charge in [0.05, 0.1) is 38.8 Å². The van der Waals surface area contributed by atoms with E-state index in [-0.39, 0.29) is 52.7 Å². The number of carbonyl (C=O) groups is 3. The standard InChI is InChI=1S/C48H60N4O11/c1-31-10-15-37-42(22-31)59-20-21-60-43-25-36(47-34-13-11-32(27-49-5)23-40(34)62-41-24-33(50(6)7)12-14-35(41)47)39(61-30-46(55)63-48(2,3)4)26-38(43)52(29-45(54)57-9)17-19-58-18-16-51(37)28-44(53)56-8/h10-15,22-26,47,49H,16-21,27-30H2,1-9H3. The van der Waals surface area contributed by atoms with Crippen LogP contribution in [0.25, 0.3) is 0 Å². The number of fused-ring (bicyclic) bond motifs is 4. The minimum atomic E-state index is -0.740. The van der Waals surface area contributed by atoms with Crippen molar-refractivity contribution < 1.29 is 52.3 Å². The number of hydrogen-bond donors (Lipinski definition) is 1. The molecule has 63 heavy (non-hydrogen) atoms. The highest BCUT2D eigenvalue weighted by Crippen LogP contribution is 2.52. The largest absolute Gasteiger partial charge is 0.488 e. The van der Waals surface area contributed by atoms with Crippen molar-refractivity contribution in [2.24, 2.45) is 0 Å². The first-order valence-corrected chi connectivity index (χ1v) is 21.0. The topological polar surface area (TPSA) is 147 Å². The molecule has 4 aromatic carbocycles. The summed E-state index contributed by atoms with van der Waals surface area (Å²) in [7, 11) is 8.53. The summed E-state index contributed by atoms with van der Waals surface area (Å²) in [5.41, 5.74) is 5.89. The lowest BCUT2D eigenvalue weighted by Gasteiger charge is -2.33. The third-order valence-electron chi connectivity index (χ3n) is 10.5. The van der Waals surface area contributed by atoms with Gasteiger partial charge in [0.15, 0.2) is 6.61 Å². The Morgan fingerprint density at radius 3 is 1.97 bits per heavy atom. The van der Waals surface area contributed by atoms with Crippen molar-refractivity contribution in [3.63, 3.8) is 0 Å². The number of methoxy groups -OCH3 is 2. The van der Waals surface area contributed by atoms with Crippen molar-refractivity contribution in [3.8, 4) is 28.7 Å². The van der Waals surface area contributed by atoms with Gasteiger partial charge in [-0.1, -0.05) is 24.3 Å². The molecule has 0 fully saturated rings. The average molecular weight is 869 g/mol. The van der Waals surface area contributed by atoms with Crippen LogP contribution in [0.4, 0.5) is 17.1 Å². The van der Waals surface area contributed by atoms with Gasteiger partial charge < -0.3 is 57.9 Å². The fraction of sp³-hybridized carbons (Fsp3) is 0.438. The van der Waals surface area contributed by atoms with Crippen molar-refractivity contribution in [1.29, 1.82) is 0 Å². The number of benzene rings is 4. The Kier molecular flexibility index (Phi) is 15.3. The zero-order chi connectivity index (χ0) is 45.3. The van der Waals surface area contributed by atoms with Crippen LogP contribution in [0.3, 0.4) is 0 Å². The highest BCUT2D eigenvalue weighted by molar-refractivity contribution is 5.79. The number of aryl methyl sites for hydroxylation is 1. The Morgan fingerprint density at radius 2 is 1.35 bits per heavy atom. The third-order valence-corrected chi connectivity index (χ3v) is 10.5. The van der Waals surface area contributed by atoms with Gasteiger partial charge >= 0.3 is 17.9 Å². The molecule has 0 aliphatic carbocycles. The molecule has 1 atom stereocenters. The average Bonchev–Trinajstić information content (AvgIpc) is 3.24. The fourth-order valence-corrected chi connectivity index (χ4v) is 7.52. The second-order valence-electron chi connectivity index (χ2n) is 16.6. The summed E-state index contributed by atoms with van der Waals surface area (Å²) >= 11 is 0. The van der Waals surface area contributed by atoms with Gasteiger partial charge in [0.2, 0.25) is 0 Å². The zero-order valence-corrected chi connectivity index (χ0v) is 37.8. The molecule has 2 aliphatic rings. The van der Waals surface area contributed by atoms with Crippen LogP contribution in [0.2, 0.25) is 0 Å². The summed E-state index contributed by atoms with van der Waals surface area (Å²) in [5.74, 6) is 0.829. The van der Waals surface area contributed by atoms with Gasteiger partial charge in [-0.05, 0) is 76.2 Å². The lowest BCUT2D eigenvalue weighted by atomic mass is 9.81. The molecule has 2 aliphatic heterocycles. The molecule has 1 N–H and O–H groups in total. The SMILES string of the molecule is CNCc1ccc2c(c1)Oc1cc(N(C)C)ccc1C2c1cc2c(cc1OCC(=O)OC(C)(C)C)N(CC(=O)OC)CCOCCN(CC(=O)OC)c1ccc(C)cc1OCCO2. The smallest absolute Gasteiger partial charge is 0.344 e. The van der Waals surface area contributed by atoms with E-state index in [0.29, 0.717) is 58.8 Å². The molecule has 0 radical (unpaired) electrons. The summed E-state index contributed by atoms with van der Waals surface area (Å²) in [4.78, 5) is 44.6. The van der Waals surface area contributed by atoms with Gasteiger partial charge in [-0.25, -0.2) is 4.79 Å². The van der Waals surface area contributed by atoms with E-state index in [2.05, 4.69) is 17.4 Å². The van der Waals surface area contributed by atoms with Crippen molar-refractivity contribution in [1.82, 2.24) is 5.32 Å². The molecular formula is C48H60N4O11. The lowest BCUT2D eigenvalue weighted by Crippen LogP contribution is -2.36. The number of rotatable bonds is 11. The van der Waals surface area contributed by atoms with Gasteiger partial charge in [-0.2, -0.15) is 0 Å². The van der Waals surface area contributed by atoms with Crippen LogP contribution < -0.4 is 39.0 Å². The highest BCUT2D eigenvalue weighted by Gasteiger charge is 2.34. The summed E-state index contributed by atoms with van der Waals surface area (Å²) in [6, 6.07) is 21.7. The Labute approximate surface area is 370 Å². The minimum Gasteiger partial charge on any atom is -0.488 e. The Balaban J connectivity index is 1.51. The molecule has 338 valence electrons. The number of anilines is 3. The summed E-state index contributed by atoms with van der Waals surface area (Å²) < 4.78 is 48.3. The predicted molar refractivity (Wildman–Crippen MR) is 240 cm³/mol. The molecule has 0 spiro atoms. The van der Waals surface area contributed by atoms with Crippen LogP contribution in [-0.4, -0.2) is 118 Å². The number of carbonyl (C=O) groups excluding carboxylic acids is 3. The number of nitrogens with one attached hydrogen (secondary N) is 1. The Hall–Kier alpha value is -6.19. The first-order chi connectivity index (χ1) is 30.2. The molecule has 6 rings (SSSR count). The molecule has 15 heteroatoms. The first-order valence-electron chi connectivity index (χ1n) is 21.0. The predicted octanol–water partition coefficient (Wildman–Crippen LogP) is 6.23. The monoisotopic (exact) mass is 868 g/mol. The molecule has 0 amide bonds. The van der Waals surface area contributed by atoms with Gasteiger partial charge in [-0.3, -0.25) is 9.59 Å². The molecule has 1 unspecified atom stereocenters. The molecule has 15 nitrogen and oxygen atoms in total. The molecule has 2 heterocycles. The molecule has 4 aromatic rings. The van der Waals surface area contributed by atoms with Gasteiger partial charge in [-0.15, -0.1) is 0 Å². The summed E-state index contributed by atoms with van der Waals surface area (Å²) in [5, 5.41) is 3.23. The van der Waals surface area contributed by atoms with E-state index >= 15 is 0 Å². The van der Waals surface area contributed by atoms with Crippen LogP contribution >= 0.6 is 0 Å². The maximum absolute atomic E-state index is 13.3. The maximum atomic E-state index is 13.3. The minimum absolute atomic E-state index is 0.0176. The van der Waals surface area contributed by atoms with Gasteiger partial charge in [0.25, 0.3) is 0 Å². The second-order valence-corrected chi connectivity index (χ2v) is 16.6. The molecule has 0 aromatic heterocycles. The van der Waals surface area contributed by atoms with E-state index in [0.717, 1.165) is 27.9 Å². The number of nitrogens with zero attached hydrogens (tertiary/aromatic N) is 3. The van der Waals surface area contributed by atoms with Crippen LogP contribution in [0.5, 0.6) is 28.7 Å². The van der Waals surface area contributed by atoms with Crippen LogP contribution in [-0.2, 0) is 39.9 Å². The normalized spacial score (nSPS) is 15.3. The lowest BCUT2D eigenvalue weighted by molar-refractivity contribution is -0.157. The van der Waals surface area contributed by atoms with Crippen molar-refractivity contribution in [2.45, 2.75) is 45.8 Å². The zero-order valence-electron chi connectivity index (χ0n) is 37.8. The van der Waals surface area contributed by atoms with Gasteiger partial charge in [0, 0.05) is 74.2 Å². The van der Waals surface area contributed by atoms with Crippen molar-refractivity contribution in [2.75, 3.05) is 109 Å². The second kappa shape index (κ2) is 20.8. The summed E-state index contributed by atoms with van der Waals surface area (Å²) in [6.45, 7) is 8.71. The van der Waals surface area contributed by atoms with Crippen molar-refractivity contribution in [3.05, 3.63) is 94.5 Å². The highest BCUT2D eigenvalue weighted by atomic mass is 16.6. The quantitative estimate of drug-likeness (QED) is 0.118. The molecule has 0 saturated carbocycles. The van der Waals surface area contributed by atoms with E-state index in [9.17, 15) is 14.4 Å². The fourth-order valence-electron chi connectivity index (χ4n) is 7.52. The Bertz CT molecular complexity index is 2260. The first kappa shape index (κ1) is 46.3. The molecule has 0 bridgehead atoms. The summed E-state index contributed by atoms with van der Waals surface area (Å²) in [6.07, 6.45) is 0. The third kappa shape index (κ3) is 11.8. The van der Waals surface area contributed by atoms with Crippen LogP contribution in [0.15, 0.2) is 66.7 Å². The van der Waals surface area contributed by atoms with Crippen LogP contribution in [0, 0.1) is 6.92 Å². The van der Waals surface area contributed by atoms with E-state index in [4.69, 9.17) is 37.9 Å². The van der Waals surface area contributed by atoms with E-state index in [1.165, 1.54) is 14.2 Å². The number of esters is 3. The number of hydrogen-bond acceptors (Lipinski definition) is 15. The van der Waals surface area contributed by atoms with E-state index < -0.39 is 29.4 Å². The Morgan fingerprint density at radius 1 is 0.730 bits per heavy atom. The van der Waals surface area contributed by atoms with Gasteiger partial charge in [0.1, 0.15) is 60.7 Å². The maximum Gasteiger partial charge on any atom is 0.344 e. The van der Waals surface area contributed by atoms with E-state index in [1.54, 1.807) is 31.7 Å². The number of ether oxygens (including phenoxy) is 8. The van der Waals surface area contributed by atoms with Crippen LogP contribution in [0.1, 0.15) is 54.5 Å².